The highest BCUT2D eigenvalue weighted by molar-refractivity contribution is 8.00. The molecule has 2 aromatic carbocycles. The smallest absolute Gasteiger partial charge is 0.293 e. The summed E-state index contributed by atoms with van der Waals surface area (Å²) in [6, 6.07) is 4.02. The molecule has 26 heavy (non-hydrogen) atoms. The summed E-state index contributed by atoms with van der Waals surface area (Å²) in [4.78, 5) is 20.9. The number of rotatable bonds is 5. The first-order valence-corrected chi connectivity index (χ1v) is 7.81. The molecule has 0 heterocycles. The third-order valence-corrected chi connectivity index (χ3v) is 4.28. The van der Waals surface area contributed by atoms with Crippen molar-refractivity contribution >= 4 is 29.0 Å². The minimum absolute atomic E-state index is 0.0796. The average Bonchev–Trinajstić information content (AvgIpc) is 2.59. The molecule has 0 aromatic heterocycles. The van der Waals surface area contributed by atoms with E-state index in [2.05, 4.69) is 5.32 Å². The number of nitrogens with zero attached hydrogens (tertiary/aromatic N) is 1. The molecule has 2 rings (SSSR count). The standard InChI is InChI=1S/C15H9F5N2O3S/c1-6-3-2-4-7(22(24)25)14(6)21-8(23)5-26-15-12(19)10(17)9(16)11(18)13(15)20/h2-4H,5H2,1H3,(H,21,23). The van der Waals surface area contributed by atoms with Crippen LogP contribution in [0.25, 0.3) is 0 Å². The van der Waals surface area contributed by atoms with Gasteiger partial charge in [-0.1, -0.05) is 12.1 Å². The number of anilines is 1. The van der Waals surface area contributed by atoms with Gasteiger partial charge in [0, 0.05) is 6.07 Å². The molecule has 0 atom stereocenters. The Bertz CT molecular complexity index is 878. The van der Waals surface area contributed by atoms with Crippen LogP contribution < -0.4 is 5.32 Å². The van der Waals surface area contributed by atoms with Crippen LogP contribution in [0.1, 0.15) is 5.56 Å². The molecule has 0 saturated heterocycles. The largest absolute Gasteiger partial charge is 0.319 e. The molecule has 0 spiro atoms. The molecule has 0 aliphatic rings. The SMILES string of the molecule is Cc1cccc([N+](=O)[O-])c1NC(=O)CSc1c(F)c(F)c(F)c(F)c1F. The van der Waals surface area contributed by atoms with Crippen LogP contribution in [0.3, 0.4) is 0 Å². The number of aryl methyl sites for hydroxylation is 1. The van der Waals surface area contributed by atoms with E-state index in [1.54, 1.807) is 0 Å². The minimum Gasteiger partial charge on any atom is -0.319 e. The molecular weight excluding hydrogens is 383 g/mol. The van der Waals surface area contributed by atoms with E-state index in [0.717, 1.165) is 6.07 Å². The maximum absolute atomic E-state index is 13.6. The molecule has 0 aliphatic heterocycles. The summed E-state index contributed by atoms with van der Waals surface area (Å²) in [6.07, 6.45) is 0. The third-order valence-electron chi connectivity index (χ3n) is 3.23. The molecule has 0 aliphatic carbocycles. The number of amides is 1. The van der Waals surface area contributed by atoms with Crippen molar-refractivity contribution in [1.29, 1.82) is 0 Å². The summed E-state index contributed by atoms with van der Waals surface area (Å²) in [5, 5.41) is 13.2. The molecule has 5 nitrogen and oxygen atoms in total. The second kappa shape index (κ2) is 7.68. The van der Waals surface area contributed by atoms with Gasteiger partial charge in [0.25, 0.3) is 5.69 Å². The van der Waals surface area contributed by atoms with Gasteiger partial charge in [-0.25, -0.2) is 22.0 Å². The van der Waals surface area contributed by atoms with Crippen LogP contribution in [0.4, 0.5) is 33.3 Å². The van der Waals surface area contributed by atoms with Gasteiger partial charge in [-0.05, 0) is 12.5 Å². The van der Waals surface area contributed by atoms with Crippen LogP contribution in [-0.2, 0) is 4.79 Å². The number of hydrogen-bond acceptors (Lipinski definition) is 4. The van der Waals surface area contributed by atoms with Crippen molar-refractivity contribution in [2.75, 3.05) is 11.1 Å². The predicted octanol–water partition coefficient (Wildman–Crippen LogP) is 4.33. The van der Waals surface area contributed by atoms with Crippen LogP contribution in [0, 0.1) is 46.1 Å². The number of nitro benzene ring substituents is 1. The van der Waals surface area contributed by atoms with Crippen molar-refractivity contribution in [3.63, 3.8) is 0 Å². The zero-order chi connectivity index (χ0) is 19.6. The fraction of sp³-hybridized carbons (Fsp3) is 0.133. The van der Waals surface area contributed by atoms with E-state index >= 15 is 0 Å². The van der Waals surface area contributed by atoms with Crippen molar-refractivity contribution in [1.82, 2.24) is 0 Å². The molecule has 2 aromatic rings. The lowest BCUT2D eigenvalue weighted by molar-refractivity contribution is -0.384. The van der Waals surface area contributed by atoms with Crippen LogP contribution in [0.15, 0.2) is 23.1 Å². The quantitative estimate of drug-likeness (QED) is 0.205. The van der Waals surface area contributed by atoms with Gasteiger partial charge in [-0.15, -0.1) is 11.8 Å². The number of halogens is 5. The van der Waals surface area contributed by atoms with Gasteiger partial charge in [0.05, 0.1) is 15.6 Å². The first-order valence-electron chi connectivity index (χ1n) is 6.83. The normalized spacial score (nSPS) is 10.7. The Balaban J connectivity index is 2.21. The van der Waals surface area contributed by atoms with Crippen LogP contribution >= 0.6 is 11.8 Å². The Morgan fingerprint density at radius 3 is 2.15 bits per heavy atom. The van der Waals surface area contributed by atoms with Crippen LogP contribution in [-0.4, -0.2) is 16.6 Å². The Morgan fingerprint density at radius 2 is 1.62 bits per heavy atom. The van der Waals surface area contributed by atoms with E-state index < -0.39 is 56.3 Å². The van der Waals surface area contributed by atoms with Gasteiger partial charge in [0.2, 0.25) is 11.7 Å². The fourth-order valence-corrected chi connectivity index (χ4v) is 2.77. The number of nitrogens with one attached hydrogen (secondary N) is 1. The first kappa shape index (κ1) is 19.6. The number of para-hydroxylation sites is 1. The molecular formula is C15H9F5N2O3S. The molecule has 0 radical (unpaired) electrons. The Morgan fingerprint density at radius 1 is 1.08 bits per heavy atom. The molecule has 0 fully saturated rings. The molecule has 0 bridgehead atoms. The predicted molar refractivity (Wildman–Crippen MR) is 83.4 cm³/mol. The highest BCUT2D eigenvalue weighted by Gasteiger charge is 2.26. The topological polar surface area (TPSA) is 72.2 Å². The van der Waals surface area contributed by atoms with Gasteiger partial charge in [-0.2, -0.15) is 0 Å². The molecule has 1 amide bonds. The van der Waals surface area contributed by atoms with E-state index in [1.165, 1.54) is 19.1 Å². The zero-order valence-corrected chi connectivity index (χ0v) is 13.7. The molecule has 0 saturated carbocycles. The number of carbonyl (C=O) groups is 1. The maximum atomic E-state index is 13.6. The summed E-state index contributed by atoms with van der Waals surface area (Å²) >= 11 is 0.0796. The minimum atomic E-state index is -2.30. The summed E-state index contributed by atoms with van der Waals surface area (Å²) in [5.74, 6) is -12.3. The highest BCUT2D eigenvalue weighted by Crippen LogP contribution is 2.32. The van der Waals surface area contributed by atoms with E-state index in [4.69, 9.17) is 0 Å². The van der Waals surface area contributed by atoms with Crippen molar-refractivity contribution in [2.45, 2.75) is 11.8 Å². The van der Waals surface area contributed by atoms with Gasteiger partial charge >= 0.3 is 0 Å². The molecule has 1 N–H and O–H groups in total. The van der Waals surface area contributed by atoms with Crippen LogP contribution in [0.2, 0.25) is 0 Å². The number of hydrogen-bond donors (Lipinski definition) is 1. The number of thioether (sulfide) groups is 1. The number of benzene rings is 2. The summed E-state index contributed by atoms with van der Waals surface area (Å²) < 4.78 is 66.3. The third kappa shape index (κ3) is 3.77. The Hall–Kier alpha value is -2.69. The van der Waals surface area contributed by atoms with E-state index in [9.17, 15) is 36.9 Å². The summed E-state index contributed by atoms with van der Waals surface area (Å²) in [6.45, 7) is 1.49. The average molecular weight is 392 g/mol. The lowest BCUT2D eigenvalue weighted by Gasteiger charge is -2.10. The van der Waals surface area contributed by atoms with Gasteiger partial charge in [0.1, 0.15) is 5.69 Å². The molecule has 138 valence electrons. The number of carbonyl (C=O) groups excluding carboxylic acids is 1. The summed E-state index contributed by atoms with van der Waals surface area (Å²) in [5.41, 5.74) is -0.172. The van der Waals surface area contributed by atoms with Crippen molar-refractivity contribution in [3.8, 4) is 0 Å². The van der Waals surface area contributed by atoms with Crippen LogP contribution in [0.5, 0.6) is 0 Å². The molecule has 11 heteroatoms. The Kier molecular flexibility index (Phi) is 5.80. The second-order valence-corrected chi connectivity index (χ2v) is 5.95. The van der Waals surface area contributed by atoms with E-state index in [0.29, 0.717) is 5.56 Å². The van der Waals surface area contributed by atoms with E-state index in [1.807, 2.05) is 0 Å². The maximum Gasteiger partial charge on any atom is 0.293 e. The monoisotopic (exact) mass is 392 g/mol. The number of nitro groups is 1. The summed E-state index contributed by atoms with van der Waals surface area (Å²) in [7, 11) is 0. The lowest BCUT2D eigenvalue weighted by Crippen LogP contribution is -2.16. The van der Waals surface area contributed by atoms with Gasteiger partial charge in [0.15, 0.2) is 23.3 Å². The highest BCUT2D eigenvalue weighted by atomic mass is 32.2. The second-order valence-electron chi connectivity index (χ2n) is 4.96. The lowest BCUT2D eigenvalue weighted by atomic mass is 10.1. The van der Waals surface area contributed by atoms with Crippen molar-refractivity contribution < 1.29 is 31.7 Å². The zero-order valence-electron chi connectivity index (χ0n) is 12.9. The Labute approximate surface area is 147 Å². The van der Waals surface area contributed by atoms with Gasteiger partial charge in [-0.3, -0.25) is 14.9 Å². The molecule has 0 unspecified atom stereocenters. The van der Waals surface area contributed by atoms with Crippen molar-refractivity contribution in [3.05, 3.63) is 63.0 Å². The van der Waals surface area contributed by atoms with E-state index in [-0.39, 0.29) is 17.4 Å². The van der Waals surface area contributed by atoms with Crippen molar-refractivity contribution in [2.24, 2.45) is 0 Å². The first-order chi connectivity index (χ1) is 12.1. The van der Waals surface area contributed by atoms with Gasteiger partial charge < -0.3 is 5.32 Å². The fourth-order valence-electron chi connectivity index (χ4n) is 1.99.